The van der Waals surface area contributed by atoms with Gasteiger partial charge in [0, 0.05) is 38.6 Å². The van der Waals surface area contributed by atoms with E-state index >= 15 is 0 Å². The molecule has 2 N–H and O–H groups in total. The van der Waals surface area contributed by atoms with Gasteiger partial charge < -0.3 is 10.3 Å². The summed E-state index contributed by atoms with van der Waals surface area (Å²) in [6.07, 6.45) is 3.63. The van der Waals surface area contributed by atoms with Gasteiger partial charge in [0.1, 0.15) is 4.90 Å². The first-order chi connectivity index (χ1) is 9.40. The van der Waals surface area contributed by atoms with E-state index in [2.05, 4.69) is 13.8 Å². The lowest BCUT2D eigenvalue weighted by Gasteiger charge is -2.24. The summed E-state index contributed by atoms with van der Waals surface area (Å²) in [6.45, 7) is 7.50. The maximum Gasteiger partial charge on any atom is 0.244 e. The van der Waals surface area contributed by atoms with Gasteiger partial charge in [-0.25, -0.2) is 8.42 Å². The molecule has 0 aliphatic carbocycles. The quantitative estimate of drug-likeness (QED) is 0.797. The fraction of sp³-hybridized carbons (Fsp3) is 0.714. The zero-order chi connectivity index (χ0) is 15.3. The van der Waals surface area contributed by atoms with Crippen molar-refractivity contribution in [3.63, 3.8) is 0 Å². The zero-order valence-electron chi connectivity index (χ0n) is 13.0. The first-order valence-corrected chi connectivity index (χ1v) is 8.70. The number of aromatic nitrogens is 1. The van der Waals surface area contributed by atoms with Gasteiger partial charge in [0.05, 0.1) is 0 Å². The Morgan fingerprint density at radius 2 is 1.90 bits per heavy atom. The molecule has 0 unspecified atom stereocenters. The van der Waals surface area contributed by atoms with E-state index in [0.717, 1.165) is 18.5 Å². The summed E-state index contributed by atoms with van der Waals surface area (Å²) in [7, 11) is -1.60. The van der Waals surface area contributed by atoms with Crippen LogP contribution in [0.3, 0.4) is 0 Å². The van der Waals surface area contributed by atoms with Crippen LogP contribution in [0.25, 0.3) is 0 Å². The van der Waals surface area contributed by atoms with Gasteiger partial charge >= 0.3 is 0 Å². The van der Waals surface area contributed by atoms with Crippen molar-refractivity contribution in [3.8, 4) is 0 Å². The molecule has 0 atom stereocenters. The molecule has 0 radical (unpaired) electrons. The van der Waals surface area contributed by atoms with Gasteiger partial charge in [-0.2, -0.15) is 4.31 Å². The Morgan fingerprint density at radius 3 is 2.30 bits per heavy atom. The molecule has 0 aliphatic rings. The summed E-state index contributed by atoms with van der Waals surface area (Å²) in [5.41, 5.74) is 6.43. The van der Waals surface area contributed by atoms with E-state index in [9.17, 15) is 8.42 Å². The molecule has 0 amide bonds. The highest BCUT2D eigenvalue weighted by Gasteiger charge is 2.26. The highest BCUT2D eigenvalue weighted by atomic mass is 32.2. The van der Waals surface area contributed by atoms with E-state index in [1.807, 2.05) is 14.0 Å². The molecule has 0 spiro atoms. The number of hydrogen-bond donors (Lipinski definition) is 1. The van der Waals surface area contributed by atoms with E-state index in [0.29, 0.717) is 30.4 Å². The molecule has 6 heteroatoms. The predicted molar refractivity (Wildman–Crippen MR) is 81.8 cm³/mol. The van der Waals surface area contributed by atoms with Crippen molar-refractivity contribution in [1.29, 1.82) is 0 Å². The van der Waals surface area contributed by atoms with Gasteiger partial charge in [-0.15, -0.1) is 0 Å². The molecule has 0 saturated heterocycles. The lowest BCUT2D eigenvalue weighted by molar-refractivity contribution is 0.339. The molecule has 1 aromatic rings. The Morgan fingerprint density at radius 1 is 1.30 bits per heavy atom. The second-order valence-electron chi connectivity index (χ2n) is 5.12. The Bertz CT molecular complexity index is 519. The van der Waals surface area contributed by atoms with Crippen LogP contribution in [0.1, 0.15) is 39.3 Å². The van der Waals surface area contributed by atoms with Crippen molar-refractivity contribution in [2.75, 3.05) is 13.1 Å². The third kappa shape index (κ3) is 3.62. The largest absolute Gasteiger partial charge is 0.352 e. The molecule has 0 aromatic carbocycles. The molecule has 1 rings (SSSR count). The first-order valence-electron chi connectivity index (χ1n) is 7.26. The summed E-state index contributed by atoms with van der Waals surface area (Å²) in [5, 5.41) is 0. The number of sulfonamides is 1. The number of aryl methyl sites for hydroxylation is 1. The van der Waals surface area contributed by atoms with Crippen LogP contribution in [0.5, 0.6) is 0 Å². The Balaban J connectivity index is 3.05. The van der Waals surface area contributed by atoms with Crippen LogP contribution in [0.15, 0.2) is 17.2 Å². The smallest absolute Gasteiger partial charge is 0.244 e. The van der Waals surface area contributed by atoms with Gasteiger partial charge in [-0.3, -0.25) is 0 Å². The van der Waals surface area contributed by atoms with Crippen molar-refractivity contribution >= 4 is 10.0 Å². The van der Waals surface area contributed by atoms with Crippen molar-refractivity contribution in [1.82, 2.24) is 8.87 Å². The van der Waals surface area contributed by atoms with Gasteiger partial charge in [0.15, 0.2) is 0 Å². The van der Waals surface area contributed by atoms with Crippen molar-refractivity contribution in [2.45, 2.75) is 45.1 Å². The molecule has 0 aliphatic heterocycles. The summed E-state index contributed by atoms with van der Waals surface area (Å²) in [4.78, 5) is 0.341. The fourth-order valence-electron chi connectivity index (χ4n) is 2.30. The van der Waals surface area contributed by atoms with Crippen LogP contribution in [-0.4, -0.2) is 30.4 Å². The molecule has 20 heavy (non-hydrogen) atoms. The number of nitrogens with zero attached hydrogens (tertiary/aromatic N) is 2. The molecule has 5 nitrogen and oxygen atoms in total. The van der Waals surface area contributed by atoms with Crippen LogP contribution in [-0.2, 0) is 23.6 Å². The molecular weight excluding hydrogens is 274 g/mol. The van der Waals surface area contributed by atoms with Crippen LogP contribution in [0, 0.1) is 5.92 Å². The summed E-state index contributed by atoms with van der Waals surface area (Å²) in [5.74, 6) is 0.405. The van der Waals surface area contributed by atoms with E-state index < -0.39 is 10.0 Å². The molecule has 116 valence electrons. The zero-order valence-corrected chi connectivity index (χ0v) is 13.8. The SMILES string of the molecule is CCC(CC)CN(CC)S(=O)(=O)c1cc(CN)n(C)c1. The lowest BCUT2D eigenvalue weighted by Crippen LogP contribution is -2.35. The minimum absolute atomic E-state index is 0.338. The number of hydrogen-bond acceptors (Lipinski definition) is 3. The number of rotatable bonds is 8. The molecular formula is C14H27N3O2S. The van der Waals surface area contributed by atoms with Crippen LogP contribution in [0.2, 0.25) is 0 Å². The monoisotopic (exact) mass is 301 g/mol. The topological polar surface area (TPSA) is 68.3 Å². The standard InChI is InChI=1S/C14H27N3O2S/c1-5-12(6-2)10-17(7-3)20(18,19)14-8-13(9-15)16(4)11-14/h8,11-12H,5-7,9-10,15H2,1-4H3. The Labute approximate surface area is 122 Å². The fourth-order valence-corrected chi connectivity index (χ4v) is 3.92. The Kier molecular flexibility index (Phi) is 6.23. The van der Waals surface area contributed by atoms with E-state index in [4.69, 9.17) is 5.73 Å². The van der Waals surface area contributed by atoms with E-state index in [1.54, 1.807) is 21.1 Å². The summed E-state index contributed by atoms with van der Waals surface area (Å²) < 4.78 is 28.7. The van der Waals surface area contributed by atoms with E-state index in [1.165, 1.54) is 0 Å². The minimum atomic E-state index is -3.42. The van der Waals surface area contributed by atoms with Crippen molar-refractivity contribution < 1.29 is 8.42 Å². The highest BCUT2D eigenvalue weighted by Crippen LogP contribution is 2.21. The summed E-state index contributed by atoms with van der Waals surface area (Å²) >= 11 is 0. The van der Waals surface area contributed by atoms with Crippen LogP contribution >= 0.6 is 0 Å². The second kappa shape index (κ2) is 7.24. The maximum absolute atomic E-state index is 12.7. The third-order valence-electron chi connectivity index (χ3n) is 3.90. The predicted octanol–water partition coefficient (Wildman–Crippen LogP) is 1.93. The Hall–Kier alpha value is -0.850. The van der Waals surface area contributed by atoms with Crippen LogP contribution < -0.4 is 5.73 Å². The normalized spacial score (nSPS) is 12.6. The first kappa shape index (κ1) is 17.2. The van der Waals surface area contributed by atoms with Gasteiger partial charge in [-0.05, 0) is 12.0 Å². The number of nitrogens with two attached hydrogens (primary N) is 1. The maximum atomic E-state index is 12.7. The molecule has 0 bridgehead atoms. The average molecular weight is 301 g/mol. The molecule has 1 heterocycles. The minimum Gasteiger partial charge on any atom is -0.352 e. The molecule has 0 fully saturated rings. The summed E-state index contributed by atoms with van der Waals surface area (Å²) in [6, 6.07) is 1.67. The lowest BCUT2D eigenvalue weighted by atomic mass is 10.0. The average Bonchev–Trinajstić information content (AvgIpc) is 2.82. The van der Waals surface area contributed by atoms with E-state index in [-0.39, 0.29) is 0 Å². The van der Waals surface area contributed by atoms with Gasteiger partial charge in [0.2, 0.25) is 10.0 Å². The van der Waals surface area contributed by atoms with Crippen molar-refractivity contribution in [2.24, 2.45) is 18.7 Å². The third-order valence-corrected chi connectivity index (χ3v) is 5.81. The molecule has 0 saturated carbocycles. The highest BCUT2D eigenvalue weighted by molar-refractivity contribution is 7.89. The van der Waals surface area contributed by atoms with Crippen LogP contribution in [0.4, 0.5) is 0 Å². The second-order valence-corrected chi connectivity index (χ2v) is 7.06. The van der Waals surface area contributed by atoms with Crippen molar-refractivity contribution in [3.05, 3.63) is 18.0 Å². The van der Waals surface area contributed by atoms with Gasteiger partial charge in [-0.1, -0.05) is 33.6 Å². The van der Waals surface area contributed by atoms with Gasteiger partial charge in [0.25, 0.3) is 0 Å². The molecule has 1 aromatic heterocycles.